The Hall–Kier alpha value is -0.0800. The van der Waals surface area contributed by atoms with Gasteiger partial charge < -0.3 is 5.32 Å². The maximum Gasteiger partial charge on any atom is 0.0166 e. The van der Waals surface area contributed by atoms with Crippen molar-refractivity contribution >= 4 is 0 Å². The zero-order valence-electron chi connectivity index (χ0n) is 9.93. The summed E-state index contributed by atoms with van der Waals surface area (Å²) in [6.45, 7) is 14.7. The fourth-order valence-corrected chi connectivity index (χ4v) is 1.61. The molecule has 0 aromatic carbocycles. The van der Waals surface area contributed by atoms with Crippen LogP contribution in [0.15, 0.2) is 0 Å². The monoisotopic (exact) mass is 186 g/mol. The van der Waals surface area contributed by atoms with Crippen LogP contribution in [0.3, 0.4) is 0 Å². The predicted octanol–water partition coefficient (Wildman–Crippen LogP) is 2.10. The van der Waals surface area contributed by atoms with Crippen molar-refractivity contribution < 1.29 is 0 Å². The molecule has 0 amide bonds. The summed E-state index contributed by atoms with van der Waals surface area (Å²) in [5, 5.41) is 3.45. The van der Waals surface area contributed by atoms with Gasteiger partial charge >= 0.3 is 0 Å². The van der Waals surface area contributed by atoms with E-state index in [1.807, 2.05) is 0 Å². The van der Waals surface area contributed by atoms with E-state index in [0.717, 1.165) is 6.54 Å². The van der Waals surface area contributed by atoms with Gasteiger partial charge in [-0.2, -0.15) is 0 Å². The van der Waals surface area contributed by atoms with Crippen LogP contribution in [0.25, 0.3) is 0 Å². The fourth-order valence-electron chi connectivity index (χ4n) is 1.61. The van der Waals surface area contributed by atoms with E-state index in [1.165, 1.54) is 19.5 Å². The van der Waals surface area contributed by atoms with Gasteiger partial charge in [0.1, 0.15) is 0 Å². The molecule has 0 saturated carbocycles. The fraction of sp³-hybridized carbons (Fsp3) is 1.00. The number of nitrogens with zero attached hydrogens (tertiary/aromatic N) is 1. The molecular weight excluding hydrogens is 160 g/mol. The van der Waals surface area contributed by atoms with Crippen molar-refractivity contribution in [3.8, 4) is 0 Å². The van der Waals surface area contributed by atoms with Crippen LogP contribution in [0.2, 0.25) is 0 Å². The van der Waals surface area contributed by atoms with Crippen molar-refractivity contribution in [3.63, 3.8) is 0 Å². The first-order chi connectivity index (χ1) is 6.11. The number of rotatable bonds is 7. The lowest BCUT2D eigenvalue weighted by atomic mass is 10.2. The third kappa shape index (κ3) is 6.05. The van der Waals surface area contributed by atoms with Crippen LogP contribution in [0.4, 0.5) is 0 Å². The first-order valence-electron chi connectivity index (χ1n) is 5.59. The van der Waals surface area contributed by atoms with E-state index >= 15 is 0 Å². The SMILES string of the molecule is CCCN(CC(C)NCC)C(C)C. The van der Waals surface area contributed by atoms with Crippen molar-refractivity contribution in [2.45, 2.75) is 53.1 Å². The Bertz CT molecular complexity index is 113. The minimum absolute atomic E-state index is 0.610. The maximum atomic E-state index is 3.45. The molecule has 0 heterocycles. The molecule has 0 saturated heterocycles. The van der Waals surface area contributed by atoms with Crippen LogP contribution < -0.4 is 5.32 Å². The van der Waals surface area contributed by atoms with E-state index in [-0.39, 0.29) is 0 Å². The van der Waals surface area contributed by atoms with Gasteiger partial charge in [0.25, 0.3) is 0 Å². The minimum atomic E-state index is 0.610. The second kappa shape index (κ2) is 7.34. The highest BCUT2D eigenvalue weighted by Gasteiger charge is 2.11. The first kappa shape index (κ1) is 12.9. The molecule has 80 valence electrons. The molecule has 0 aliphatic rings. The van der Waals surface area contributed by atoms with E-state index in [0.29, 0.717) is 12.1 Å². The Balaban J connectivity index is 3.79. The Morgan fingerprint density at radius 2 is 1.77 bits per heavy atom. The van der Waals surface area contributed by atoms with Crippen molar-refractivity contribution in [1.82, 2.24) is 10.2 Å². The molecular formula is C11H26N2. The third-order valence-electron chi connectivity index (χ3n) is 2.30. The van der Waals surface area contributed by atoms with Crippen molar-refractivity contribution in [3.05, 3.63) is 0 Å². The number of hydrogen-bond donors (Lipinski definition) is 1. The molecule has 0 spiro atoms. The maximum absolute atomic E-state index is 3.45. The summed E-state index contributed by atoms with van der Waals surface area (Å²) < 4.78 is 0. The zero-order valence-corrected chi connectivity index (χ0v) is 9.93. The average Bonchev–Trinajstić information content (AvgIpc) is 2.04. The summed E-state index contributed by atoms with van der Waals surface area (Å²) in [6, 6.07) is 1.28. The Morgan fingerprint density at radius 3 is 2.15 bits per heavy atom. The van der Waals surface area contributed by atoms with Gasteiger partial charge in [0, 0.05) is 18.6 Å². The van der Waals surface area contributed by atoms with Crippen molar-refractivity contribution in [2.75, 3.05) is 19.6 Å². The largest absolute Gasteiger partial charge is 0.313 e. The summed E-state index contributed by atoms with van der Waals surface area (Å²) in [4.78, 5) is 2.54. The van der Waals surface area contributed by atoms with E-state index in [2.05, 4.69) is 44.8 Å². The molecule has 0 rings (SSSR count). The number of likely N-dealkylation sites (N-methyl/N-ethyl adjacent to an activating group) is 1. The Labute approximate surface area is 83.7 Å². The number of nitrogens with one attached hydrogen (secondary N) is 1. The van der Waals surface area contributed by atoms with Gasteiger partial charge in [-0.15, -0.1) is 0 Å². The van der Waals surface area contributed by atoms with Gasteiger partial charge in [-0.1, -0.05) is 13.8 Å². The Morgan fingerprint density at radius 1 is 1.15 bits per heavy atom. The third-order valence-corrected chi connectivity index (χ3v) is 2.30. The molecule has 1 atom stereocenters. The van der Waals surface area contributed by atoms with Crippen molar-refractivity contribution in [2.24, 2.45) is 0 Å². The second-order valence-corrected chi connectivity index (χ2v) is 4.05. The number of hydrogen-bond acceptors (Lipinski definition) is 2. The molecule has 0 aliphatic heterocycles. The van der Waals surface area contributed by atoms with Gasteiger partial charge in [-0.3, -0.25) is 4.90 Å². The van der Waals surface area contributed by atoms with Crippen LogP contribution >= 0.6 is 0 Å². The van der Waals surface area contributed by atoms with E-state index < -0.39 is 0 Å². The second-order valence-electron chi connectivity index (χ2n) is 4.05. The van der Waals surface area contributed by atoms with Gasteiger partial charge in [-0.05, 0) is 40.3 Å². The van der Waals surface area contributed by atoms with Gasteiger partial charge in [0.15, 0.2) is 0 Å². The summed E-state index contributed by atoms with van der Waals surface area (Å²) in [7, 11) is 0. The summed E-state index contributed by atoms with van der Waals surface area (Å²) >= 11 is 0. The normalized spacial score (nSPS) is 14.1. The highest BCUT2D eigenvalue weighted by atomic mass is 15.2. The Kier molecular flexibility index (Phi) is 7.29. The van der Waals surface area contributed by atoms with Gasteiger partial charge in [0.05, 0.1) is 0 Å². The molecule has 0 fully saturated rings. The van der Waals surface area contributed by atoms with Gasteiger partial charge in [0.2, 0.25) is 0 Å². The summed E-state index contributed by atoms with van der Waals surface area (Å²) in [5.74, 6) is 0. The van der Waals surface area contributed by atoms with E-state index in [1.54, 1.807) is 0 Å². The van der Waals surface area contributed by atoms with E-state index in [4.69, 9.17) is 0 Å². The van der Waals surface area contributed by atoms with Crippen LogP contribution in [0.1, 0.15) is 41.0 Å². The summed E-state index contributed by atoms with van der Waals surface area (Å²) in [5.41, 5.74) is 0. The molecule has 1 unspecified atom stereocenters. The van der Waals surface area contributed by atoms with Crippen LogP contribution in [-0.2, 0) is 0 Å². The highest BCUT2D eigenvalue weighted by molar-refractivity contribution is 4.69. The summed E-state index contributed by atoms with van der Waals surface area (Å²) in [6.07, 6.45) is 1.25. The molecule has 0 bridgehead atoms. The molecule has 1 N–H and O–H groups in total. The molecule has 13 heavy (non-hydrogen) atoms. The van der Waals surface area contributed by atoms with Crippen LogP contribution in [0, 0.1) is 0 Å². The molecule has 0 radical (unpaired) electrons. The molecule has 0 aromatic rings. The molecule has 2 heteroatoms. The lowest BCUT2D eigenvalue weighted by Gasteiger charge is -2.29. The zero-order chi connectivity index (χ0) is 10.3. The highest BCUT2D eigenvalue weighted by Crippen LogP contribution is 2.01. The molecule has 0 aliphatic carbocycles. The average molecular weight is 186 g/mol. The lowest BCUT2D eigenvalue weighted by Crippen LogP contribution is -2.42. The lowest BCUT2D eigenvalue weighted by molar-refractivity contribution is 0.202. The van der Waals surface area contributed by atoms with Gasteiger partial charge in [-0.25, -0.2) is 0 Å². The molecule has 0 aromatic heterocycles. The van der Waals surface area contributed by atoms with Crippen LogP contribution in [0.5, 0.6) is 0 Å². The van der Waals surface area contributed by atoms with Crippen molar-refractivity contribution in [1.29, 1.82) is 0 Å². The minimum Gasteiger partial charge on any atom is -0.313 e. The smallest absolute Gasteiger partial charge is 0.0166 e. The molecule has 2 nitrogen and oxygen atoms in total. The predicted molar refractivity (Wildman–Crippen MR) is 60.1 cm³/mol. The standard InChI is InChI=1S/C11H26N2/c1-6-8-13(10(3)4)9-11(5)12-7-2/h10-12H,6-9H2,1-5H3. The quantitative estimate of drug-likeness (QED) is 0.655. The van der Waals surface area contributed by atoms with Crippen LogP contribution in [-0.4, -0.2) is 36.6 Å². The topological polar surface area (TPSA) is 15.3 Å². The van der Waals surface area contributed by atoms with E-state index in [9.17, 15) is 0 Å². The first-order valence-corrected chi connectivity index (χ1v) is 5.59.